The Hall–Kier alpha value is -4.26. The molecule has 0 bridgehead atoms. The lowest BCUT2D eigenvalue weighted by atomic mass is 10.1. The van der Waals surface area contributed by atoms with Gasteiger partial charge in [-0.2, -0.15) is 5.10 Å². The van der Waals surface area contributed by atoms with E-state index in [2.05, 4.69) is 38.9 Å². The molecule has 5 aromatic rings. The van der Waals surface area contributed by atoms with E-state index >= 15 is 0 Å². The molecule has 0 fully saturated rings. The van der Waals surface area contributed by atoms with Crippen LogP contribution in [-0.2, 0) is 20.2 Å². The lowest BCUT2D eigenvalue weighted by molar-refractivity contribution is 0.284. The number of methoxy groups -OCH3 is 2. The largest absolute Gasteiger partial charge is 0.497 e. The van der Waals surface area contributed by atoms with Gasteiger partial charge in [0.15, 0.2) is 11.5 Å². The molecule has 0 amide bonds. The molecule has 34 heavy (non-hydrogen) atoms. The highest BCUT2D eigenvalue weighted by Crippen LogP contribution is 2.30. The molecular formula is C27H26N4O3. The van der Waals surface area contributed by atoms with Gasteiger partial charge in [-0.3, -0.25) is 4.68 Å². The number of hydrogen-bond acceptors (Lipinski definition) is 5. The van der Waals surface area contributed by atoms with Gasteiger partial charge in [0.2, 0.25) is 0 Å². The van der Waals surface area contributed by atoms with Crippen molar-refractivity contribution in [1.29, 1.82) is 0 Å². The van der Waals surface area contributed by atoms with Crippen molar-refractivity contribution in [2.45, 2.75) is 13.2 Å². The minimum absolute atomic E-state index is 0.450. The smallest absolute Gasteiger partial charge is 0.161 e. The van der Waals surface area contributed by atoms with Crippen molar-refractivity contribution in [2.75, 3.05) is 14.2 Å². The maximum atomic E-state index is 6.01. The van der Waals surface area contributed by atoms with Gasteiger partial charge < -0.3 is 18.8 Å². The van der Waals surface area contributed by atoms with Crippen LogP contribution in [0.1, 0.15) is 11.1 Å². The molecular weight excluding hydrogens is 428 g/mol. The Balaban J connectivity index is 1.32. The molecule has 0 aliphatic heterocycles. The second-order valence-electron chi connectivity index (χ2n) is 8.10. The summed E-state index contributed by atoms with van der Waals surface area (Å²) in [4.78, 5) is 4.61. The van der Waals surface area contributed by atoms with Crippen molar-refractivity contribution in [3.63, 3.8) is 0 Å². The number of benzene rings is 3. The fourth-order valence-electron chi connectivity index (χ4n) is 3.95. The van der Waals surface area contributed by atoms with Gasteiger partial charge in [0.25, 0.3) is 0 Å². The molecule has 3 aromatic carbocycles. The first-order valence-corrected chi connectivity index (χ1v) is 11.0. The van der Waals surface area contributed by atoms with E-state index in [0.29, 0.717) is 24.7 Å². The van der Waals surface area contributed by atoms with Crippen molar-refractivity contribution in [3.8, 4) is 28.4 Å². The SMILES string of the molecule is COc1ccc(COc2ccc(Cn3cnc4cc(-c5cnn(C)c5)ccc43)cc2OC)cc1. The van der Waals surface area contributed by atoms with E-state index in [0.717, 1.165) is 39.0 Å². The van der Waals surface area contributed by atoms with E-state index in [1.165, 1.54) is 0 Å². The van der Waals surface area contributed by atoms with Crippen LogP contribution in [0.3, 0.4) is 0 Å². The summed E-state index contributed by atoms with van der Waals surface area (Å²) in [6.07, 6.45) is 5.74. The molecule has 7 nitrogen and oxygen atoms in total. The third kappa shape index (κ3) is 4.45. The molecule has 0 saturated carbocycles. The van der Waals surface area contributed by atoms with Crippen LogP contribution in [0.2, 0.25) is 0 Å². The molecule has 5 rings (SSSR count). The lowest BCUT2D eigenvalue weighted by Gasteiger charge is -2.13. The summed E-state index contributed by atoms with van der Waals surface area (Å²) in [6, 6.07) is 20.2. The van der Waals surface area contributed by atoms with Crippen LogP contribution >= 0.6 is 0 Å². The van der Waals surface area contributed by atoms with Crippen LogP contribution in [0, 0.1) is 0 Å². The normalized spacial score (nSPS) is 11.0. The molecule has 0 radical (unpaired) electrons. The molecule has 0 aliphatic rings. The molecule has 0 unspecified atom stereocenters. The molecule has 0 aliphatic carbocycles. The summed E-state index contributed by atoms with van der Waals surface area (Å²) >= 11 is 0. The number of aromatic nitrogens is 4. The van der Waals surface area contributed by atoms with Crippen LogP contribution in [0.15, 0.2) is 79.4 Å². The lowest BCUT2D eigenvalue weighted by Crippen LogP contribution is -2.01. The predicted molar refractivity (Wildman–Crippen MR) is 131 cm³/mol. The second-order valence-corrected chi connectivity index (χ2v) is 8.10. The van der Waals surface area contributed by atoms with Gasteiger partial charge in [0.05, 0.1) is 37.8 Å². The van der Waals surface area contributed by atoms with Crippen LogP contribution in [0.5, 0.6) is 17.2 Å². The number of rotatable bonds is 8. The highest BCUT2D eigenvalue weighted by atomic mass is 16.5. The minimum atomic E-state index is 0.450. The summed E-state index contributed by atoms with van der Waals surface area (Å²) in [7, 11) is 5.23. The van der Waals surface area contributed by atoms with Gasteiger partial charge in [-0.15, -0.1) is 0 Å². The molecule has 0 spiro atoms. The van der Waals surface area contributed by atoms with Gasteiger partial charge in [-0.05, 0) is 53.1 Å². The van der Waals surface area contributed by atoms with Crippen LogP contribution in [0.4, 0.5) is 0 Å². The third-order valence-electron chi connectivity index (χ3n) is 5.79. The van der Waals surface area contributed by atoms with Gasteiger partial charge in [0, 0.05) is 25.4 Å². The molecule has 0 N–H and O–H groups in total. The predicted octanol–water partition coefficient (Wildman–Crippen LogP) is 5.08. The fourth-order valence-corrected chi connectivity index (χ4v) is 3.95. The van der Waals surface area contributed by atoms with E-state index in [1.54, 1.807) is 18.9 Å². The number of hydrogen-bond donors (Lipinski definition) is 0. The van der Waals surface area contributed by atoms with Gasteiger partial charge in [-0.1, -0.05) is 24.3 Å². The van der Waals surface area contributed by atoms with E-state index in [9.17, 15) is 0 Å². The Morgan fingerprint density at radius 1 is 0.824 bits per heavy atom. The standard InChI is InChI=1S/C27H26N4O3/c1-30-16-22(14-29-30)21-7-10-25-24(13-21)28-18-31(25)15-20-6-11-26(27(12-20)33-3)34-17-19-4-8-23(32-2)9-5-19/h4-14,16,18H,15,17H2,1-3H3. The van der Waals surface area contributed by atoms with Crippen molar-refractivity contribution in [3.05, 3.63) is 90.5 Å². The Labute approximate surface area is 198 Å². The molecule has 2 aromatic heterocycles. The first kappa shape index (κ1) is 21.6. The van der Waals surface area contributed by atoms with Crippen molar-refractivity contribution < 1.29 is 14.2 Å². The highest BCUT2D eigenvalue weighted by molar-refractivity contribution is 5.82. The molecule has 0 atom stereocenters. The van der Waals surface area contributed by atoms with Crippen LogP contribution in [0.25, 0.3) is 22.2 Å². The molecule has 7 heteroatoms. The highest BCUT2D eigenvalue weighted by Gasteiger charge is 2.10. The third-order valence-corrected chi connectivity index (χ3v) is 5.79. The van der Waals surface area contributed by atoms with E-state index in [1.807, 2.05) is 62.2 Å². The number of imidazole rings is 1. The number of aryl methyl sites for hydroxylation is 1. The first-order valence-electron chi connectivity index (χ1n) is 11.0. The summed E-state index contributed by atoms with van der Waals surface area (Å²) < 4.78 is 20.8. The number of ether oxygens (including phenoxy) is 3. The maximum absolute atomic E-state index is 6.01. The zero-order valence-electron chi connectivity index (χ0n) is 19.4. The zero-order valence-corrected chi connectivity index (χ0v) is 19.4. The molecule has 0 saturated heterocycles. The summed E-state index contributed by atoms with van der Waals surface area (Å²) in [6.45, 7) is 1.13. The second kappa shape index (κ2) is 9.31. The summed E-state index contributed by atoms with van der Waals surface area (Å²) in [5.74, 6) is 2.24. The molecule has 2 heterocycles. The Bertz CT molecular complexity index is 1420. The Morgan fingerprint density at radius 3 is 2.38 bits per heavy atom. The van der Waals surface area contributed by atoms with Gasteiger partial charge >= 0.3 is 0 Å². The fraction of sp³-hybridized carbons (Fsp3) is 0.185. The zero-order chi connectivity index (χ0) is 23.5. The summed E-state index contributed by atoms with van der Waals surface area (Å²) in [5, 5.41) is 4.26. The van der Waals surface area contributed by atoms with Gasteiger partial charge in [-0.25, -0.2) is 4.98 Å². The number of fused-ring (bicyclic) bond motifs is 1. The monoisotopic (exact) mass is 454 g/mol. The van der Waals surface area contributed by atoms with E-state index in [-0.39, 0.29) is 0 Å². The molecule has 172 valence electrons. The van der Waals surface area contributed by atoms with Crippen LogP contribution in [-0.4, -0.2) is 33.6 Å². The van der Waals surface area contributed by atoms with E-state index < -0.39 is 0 Å². The van der Waals surface area contributed by atoms with Gasteiger partial charge in [0.1, 0.15) is 12.4 Å². The van der Waals surface area contributed by atoms with E-state index in [4.69, 9.17) is 14.2 Å². The van der Waals surface area contributed by atoms with Crippen molar-refractivity contribution >= 4 is 11.0 Å². The quantitative estimate of drug-likeness (QED) is 0.327. The maximum Gasteiger partial charge on any atom is 0.161 e. The summed E-state index contributed by atoms with van der Waals surface area (Å²) in [5.41, 5.74) is 6.37. The average molecular weight is 455 g/mol. The topological polar surface area (TPSA) is 63.3 Å². The minimum Gasteiger partial charge on any atom is -0.497 e. The Morgan fingerprint density at radius 2 is 1.65 bits per heavy atom. The Kier molecular flexibility index (Phi) is 5.91. The first-order chi connectivity index (χ1) is 16.6. The number of nitrogens with zero attached hydrogens (tertiary/aromatic N) is 4. The average Bonchev–Trinajstić information content (AvgIpc) is 3.49. The van der Waals surface area contributed by atoms with Crippen molar-refractivity contribution in [2.24, 2.45) is 7.05 Å². The van der Waals surface area contributed by atoms with Crippen molar-refractivity contribution in [1.82, 2.24) is 19.3 Å². The van der Waals surface area contributed by atoms with Crippen LogP contribution < -0.4 is 14.2 Å².